The predicted molar refractivity (Wildman–Crippen MR) is 149 cm³/mol. The van der Waals surface area contributed by atoms with E-state index in [1.54, 1.807) is 24.3 Å². The van der Waals surface area contributed by atoms with Crippen LogP contribution < -0.4 is 20.3 Å². The normalized spacial score (nSPS) is 11.2. The molecule has 0 unspecified atom stereocenters. The highest BCUT2D eigenvalue weighted by atomic mass is 79.9. The Hall–Kier alpha value is -3.69. The maximum absolute atomic E-state index is 13.2. The second-order valence-electron chi connectivity index (χ2n) is 8.13. The molecule has 0 aliphatic heterocycles. The third-order valence-corrected chi connectivity index (χ3v) is 6.17. The molecule has 1 N–H and O–H groups in total. The van der Waals surface area contributed by atoms with Gasteiger partial charge in [0, 0.05) is 33.2 Å². The van der Waals surface area contributed by atoms with Gasteiger partial charge in [0.15, 0.2) is 18.1 Å². The van der Waals surface area contributed by atoms with Crippen molar-refractivity contribution in [2.45, 2.75) is 20.3 Å². The molecule has 4 rings (SSSR count). The fourth-order valence-corrected chi connectivity index (χ4v) is 4.20. The van der Waals surface area contributed by atoms with Crippen LogP contribution in [0.5, 0.6) is 11.5 Å². The summed E-state index contributed by atoms with van der Waals surface area (Å²) in [6.45, 7) is 3.58. The molecule has 1 aromatic heterocycles. The smallest absolute Gasteiger partial charge is 0.282 e. The summed E-state index contributed by atoms with van der Waals surface area (Å²) in [6.07, 6.45) is 1.92. The van der Waals surface area contributed by atoms with Crippen molar-refractivity contribution in [2.75, 3.05) is 19.0 Å². The van der Waals surface area contributed by atoms with Gasteiger partial charge >= 0.3 is 0 Å². The Kier molecular flexibility index (Phi) is 8.25. The van der Waals surface area contributed by atoms with Crippen LogP contribution in [0.2, 0.25) is 5.02 Å². The average Bonchev–Trinajstić information content (AvgIpc) is 2.88. The first kappa shape index (κ1) is 26.4. The highest BCUT2D eigenvalue weighted by Gasteiger charge is 2.15. The largest absolute Gasteiger partial charge is 0.493 e. The number of benzene rings is 3. The van der Waals surface area contributed by atoms with Crippen molar-refractivity contribution in [3.05, 3.63) is 91.4 Å². The summed E-state index contributed by atoms with van der Waals surface area (Å²) in [7, 11) is 1.47. The number of hydrogen-bond donors (Lipinski definition) is 1. The van der Waals surface area contributed by atoms with Gasteiger partial charge in [0.1, 0.15) is 5.82 Å². The topological polar surface area (TPSA) is 94.8 Å². The van der Waals surface area contributed by atoms with E-state index in [9.17, 15) is 9.59 Å². The van der Waals surface area contributed by atoms with E-state index in [2.05, 4.69) is 31.3 Å². The highest BCUT2D eigenvalue weighted by molar-refractivity contribution is 9.10. The number of anilines is 1. The molecule has 0 saturated heterocycles. The molecule has 190 valence electrons. The molecule has 1 amide bonds. The van der Waals surface area contributed by atoms with E-state index in [1.807, 2.05) is 44.2 Å². The van der Waals surface area contributed by atoms with Gasteiger partial charge in [0.2, 0.25) is 0 Å². The molecular formula is C27H24BrClN4O4. The lowest BCUT2D eigenvalue weighted by atomic mass is 10.2. The monoisotopic (exact) mass is 582 g/mol. The molecule has 10 heteroatoms. The maximum Gasteiger partial charge on any atom is 0.282 e. The van der Waals surface area contributed by atoms with E-state index in [4.69, 9.17) is 21.1 Å². The molecule has 0 atom stereocenters. The standard InChI is InChI=1S/C27H24BrClN4O4/c1-4-24-32-22-10-7-18(28)12-21(22)27(35)33(24)30-14-17-11-19(29)13-23(36-3)26(17)37-15-25(34)31-20-8-5-16(2)6-9-20/h5-14H,4,15H2,1-3H3,(H,31,34). The summed E-state index contributed by atoms with van der Waals surface area (Å²) >= 11 is 9.68. The number of ether oxygens (including phenoxy) is 2. The van der Waals surface area contributed by atoms with E-state index in [1.165, 1.54) is 18.0 Å². The van der Waals surface area contributed by atoms with Gasteiger partial charge in [-0.2, -0.15) is 9.78 Å². The number of aryl methyl sites for hydroxylation is 2. The zero-order chi connectivity index (χ0) is 26.5. The Morgan fingerprint density at radius 1 is 1.19 bits per heavy atom. The second kappa shape index (κ2) is 11.6. The van der Waals surface area contributed by atoms with E-state index >= 15 is 0 Å². The molecular weight excluding hydrogens is 560 g/mol. The zero-order valence-corrected chi connectivity index (χ0v) is 22.8. The second-order valence-corrected chi connectivity index (χ2v) is 9.49. The number of carbonyl (C=O) groups excluding carboxylic acids is 1. The number of aromatic nitrogens is 2. The highest BCUT2D eigenvalue weighted by Crippen LogP contribution is 2.34. The summed E-state index contributed by atoms with van der Waals surface area (Å²) in [5.41, 5.74) is 2.45. The van der Waals surface area contributed by atoms with E-state index in [0.29, 0.717) is 45.2 Å². The van der Waals surface area contributed by atoms with Crippen LogP contribution in [-0.2, 0) is 11.2 Å². The number of methoxy groups -OCH3 is 1. The van der Waals surface area contributed by atoms with Gasteiger partial charge in [-0.15, -0.1) is 0 Å². The van der Waals surface area contributed by atoms with Crippen molar-refractivity contribution in [3.8, 4) is 11.5 Å². The number of halogens is 2. The Labute approximate surface area is 227 Å². The third-order valence-electron chi connectivity index (χ3n) is 5.46. The first-order valence-electron chi connectivity index (χ1n) is 11.4. The summed E-state index contributed by atoms with van der Waals surface area (Å²) in [4.78, 5) is 30.3. The Morgan fingerprint density at radius 3 is 2.65 bits per heavy atom. The fourth-order valence-electron chi connectivity index (χ4n) is 3.63. The Balaban J connectivity index is 1.66. The number of rotatable bonds is 8. The van der Waals surface area contributed by atoms with Crippen LogP contribution in [0.1, 0.15) is 23.9 Å². The van der Waals surface area contributed by atoms with Crippen LogP contribution in [0, 0.1) is 6.92 Å². The summed E-state index contributed by atoms with van der Waals surface area (Å²) in [5, 5.41) is 8.00. The molecule has 8 nitrogen and oxygen atoms in total. The van der Waals surface area contributed by atoms with Crippen molar-refractivity contribution < 1.29 is 14.3 Å². The van der Waals surface area contributed by atoms with E-state index in [0.717, 1.165) is 10.0 Å². The molecule has 0 aliphatic rings. The minimum Gasteiger partial charge on any atom is -0.493 e. The lowest BCUT2D eigenvalue weighted by molar-refractivity contribution is -0.118. The molecule has 0 radical (unpaired) electrons. The number of amides is 1. The van der Waals surface area contributed by atoms with Crippen LogP contribution in [0.3, 0.4) is 0 Å². The first-order valence-corrected chi connectivity index (χ1v) is 12.6. The number of fused-ring (bicyclic) bond motifs is 1. The molecule has 0 saturated carbocycles. The van der Waals surface area contributed by atoms with Crippen molar-refractivity contribution in [1.82, 2.24) is 9.66 Å². The predicted octanol–water partition coefficient (Wildman–Crippen LogP) is 5.59. The van der Waals surface area contributed by atoms with Gasteiger partial charge in [-0.05, 0) is 43.3 Å². The first-order chi connectivity index (χ1) is 17.8. The minimum atomic E-state index is -0.350. The quantitative estimate of drug-likeness (QED) is 0.273. The van der Waals surface area contributed by atoms with Crippen molar-refractivity contribution in [2.24, 2.45) is 5.10 Å². The summed E-state index contributed by atoms with van der Waals surface area (Å²) < 4.78 is 13.3. The van der Waals surface area contributed by atoms with Gasteiger partial charge in [-0.3, -0.25) is 9.59 Å². The van der Waals surface area contributed by atoms with Crippen molar-refractivity contribution in [1.29, 1.82) is 0 Å². The Morgan fingerprint density at radius 2 is 1.95 bits per heavy atom. The molecule has 4 aromatic rings. The van der Waals surface area contributed by atoms with E-state index < -0.39 is 0 Å². The van der Waals surface area contributed by atoms with E-state index in [-0.39, 0.29) is 23.8 Å². The number of carbonyl (C=O) groups is 1. The van der Waals surface area contributed by atoms with Crippen molar-refractivity contribution in [3.63, 3.8) is 0 Å². The van der Waals surface area contributed by atoms with Gasteiger partial charge in [-0.1, -0.05) is 52.2 Å². The van der Waals surface area contributed by atoms with Crippen LogP contribution in [-0.4, -0.2) is 35.5 Å². The van der Waals surface area contributed by atoms with Gasteiger partial charge in [0.25, 0.3) is 11.5 Å². The molecule has 0 bridgehead atoms. The van der Waals surface area contributed by atoms with Crippen molar-refractivity contribution >= 4 is 56.2 Å². The van der Waals surface area contributed by atoms with Gasteiger partial charge < -0.3 is 14.8 Å². The van der Waals surface area contributed by atoms with Gasteiger partial charge in [-0.25, -0.2) is 4.98 Å². The van der Waals surface area contributed by atoms with Crippen LogP contribution in [0.25, 0.3) is 10.9 Å². The number of hydrogen-bond acceptors (Lipinski definition) is 6. The number of nitrogens with zero attached hydrogens (tertiary/aromatic N) is 3. The van der Waals surface area contributed by atoms with Crippen LogP contribution >= 0.6 is 27.5 Å². The molecule has 0 spiro atoms. The number of nitrogens with one attached hydrogen (secondary N) is 1. The fraction of sp³-hybridized carbons (Fsp3) is 0.185. The molecule has 0 fully saturated rings. The Bertz CT molecular complexity index is 1550. The lowest BCUT2D eigenvalue weighted by Gasteiger charge is -2.14. The SMILES string of the molecule is CCc1nc2ccc(Br)cc2c(=O)n1N=Cc1cc(Cl)cc(OC)c1OCC(=O)Nc1ccc(C)cc1. The van der Waals surface area contributed by atoms with Crippen LogP contribution in [0.15, 0.2) is 69.0 Å². The summed E-state index contributed by atoms with van der Waals surface area (Å²) in [6, 6.07) is 15.9. The minimum absolute atomic E-state index is 0.261. The molecule has 0 aliphatic carbocycles. The molecule has 37 heavy (non-hydrogen) atoms. The zero-order valence-electron chi connectivity index (χ0n) is 20.4. The van der Waals surface area contributed by atoms with Crippen LogP contribution in [0.4, 0.5) is 5.69 Å². The lowest BCUT2D eigenvalue weighted by Crippen LogP contribution is -2.22. The molecule has 1 heterocycles. The summed E-state index contributed by atoms with van der Waals surface area (Å²) in [5.74, 6) is 0.723. The maximum atomic E-state index is 13.2. The third kappa shape index (κ3) is 6.18. The van der Waals surface area contributed by atoms with Gasteiger partial charge in [0.05, 0.1) is 24.2 Å². The average molecular weight is 584 g/mol. The molecule has 3 aromatic carbocycles.